The van der Waals surface area contributed by atoms with E-state index in [2.05, 4.69) is 187 Å². The maximum absolute atomic E-state index is 4.84. The van der Waals surface area contributed by atoms with Crippen molar-refractivity contribution in [2.24, 2.45) is 39.9 Å². The predicted molar refractivity (Wildman–Crippen MR) is 260 cm³/mol. The van der Waals surface area contributed by atoms with Crippen LogP contribution in [-0.4, -0.2) is 17.7 Å². The van der Waals surface area contributed by atoms with Crippen LogP contribution in [0.1, 0.15) is 159 Å². The molecule has 2 nitrogen and oxygen atoms in total. The Morgan fingerprint density at radius 2 is 1.69 bits per heavy atom. The smallest absolute Gasteiger partial charge is 0.248 e. The molecule has 0 amide bonds. The van der Waals surface area contributed by atoms with Gasteiger partial charge >= 0.3 is 0 Å². The molecule has 316 valence electrons. The van der Waals surface area contributed by atoms with Gasteiger partial charge in [0.05, 0.1) is 0 Å². The Morgan fingerprint density at radius 1 is 1.02 bits per heavy atom. The number of hydrogen-bond acceptors (Lipinski definition) is 3. The topological polar surface area (TPSA) is 15.3 Å². The second-order valence-corrected chi connectivity index (χ2v) is 24.0. The first-order chi connectivity index (χ1) is 26.7. The molecule has 3 aliphatic carbocycles. The summed E-state index contributed by atoms with van der Waals surface area (Å²) in [7, 11) is 0. The first kappa shape index (κ1) is 46.1. The standard InChI is InChI=1S/C54H81BN2S/c1-19-41(22-20-21-36(2)3)56-47(31-38(5)50(7,8)9)46-35-57(42-25-23-40(24-26-42)51(10,11)12)43(32-44-37(4)27-28-52(13,14)39(44)6)34-55(46)48-33-45-49(58-48)54(17,18)30-29-53(45,15)16/h19-23,25-26,33-37,40,44,47,56H,1,5-6,24,27-32H2,2-4,7-18H3/b21-20+,41-22+. The summed E-state index contributed by atoms with van der Waals surface area (Å²) in [6.07, 6.45) is 26.3. The summed E-state index contributed by atoms with van der Waals surface area (Å²) in [5.41, 5.74) is 9.99. The Bertz CT molecular complexity index is 1870. The molecule has 1 N–H and O–H groups in total. The van der Waals surface area contributed by atoms with Crippen LogP contribution < -0.4 is 10.1 Å². The van der Waals surface area contributed by atoms with Gasteiger partial charge in [-0.15, -0.1) is 0 Å². The summed E-state index contributed by atoms with van der Waals surface area (Å²) in [6.45, 7) is 49.7. The largest absolute Gasteiger partial charge is 0.379 e. The quantitative estimate of drug-likeness (QED) is 0.129. The van der Waals surface area contributed by atoms with Crippen molar-refractivity contribution in [1.29, 1.82) is 0 Å². The lowest BCUT2D eigenvalue weighted by Gasteiger charge is -2.44. The minimum Gasteiger partial charge on any atom is -0.379 e. The number of fused-ring (bicyclic) bond motifs is 1. The van der Waals surface area contributed by atoms with Gasteiger partial charge < -0.3 is 10.2 Å². The number of allylic oxidation sites excluding steroid dienone is 9. The van der Waals surface area contributed by atoms with Gasteiger partial charge in [0.25, 0.3) is 0 Å². The minimum atomic E-state index is -0.0299. The van der Waals surface area contributed by atoms with Crippen molar-refractivity contribution >= 4 is 22.8 Å². The lowest BCUT2D eigenvalue weighted by molar-refractivity contribution is 0.209. The van der Waals surface area contributed by atoms with E-state index in [-0.39, 0.29) is 39.8 Å². The van der Waals surface area contributed by atoms with Crippen LogP contribution in [0.25, 0.3) is 0 Å². The molecule has 4 atom stereocenters. The lowest BCUT2D eigenvalue weighted by atomic mass is 9.40. The van der Waals surface area contributed by atoms with E-state index in [1.54, 1.807) is 10.4 Å². The third-order valence-corrected chi connectivity index (χ3v) is 16.0. The number of nitrogens with zero attached hydrogens (tertiary/aromatic N) is 1. The summed E-state index contributed by atoms with van der Waals surface area (Å²) in [6, 6.07) is 2.62. The normalized spacial score (nSPS) is 25.3. The molecule has 1 aromatic heterocycles. The average Bonchev–Trinajstić information content (AvgIpc) is 3.61. The van der Waals surface area contributed by atoms with Crippen molar-refractivity contribution in [3.05, 3.63) is 125 Å². The molecule has 58 heavy (non-hydrogen) atoms. The molecular formula is C54H81BN2S. The number of nitrogens with one attached hydrogen (secondary N) is 1. The van der Waals surface area contributed by atoms with E-state index >= 15 is 0 Å². The van der Waals surface area contributed by atoms with E-state index < -0.39 is 0 Å². The van der Waals surface area contributed by atoms with E-state index in [4.69, 9.17) is 13.2 Å². The third kappa shape index (κ3) is 10.3. The molecule has 4 heteroatoms. The molecule has 0 saturated heterocycles. The van der Waals surface area contributed by atoms with Gasteiger partial charge in [0.1, 0.15) is 0 Å². The summed E-state index contributed by atoms with van der Waals surface area (Å²) >= 11 is 2.08. The molecule has 0 radical (unpaired) electrons. The zero-order valence-corrected chi connectivity index (χ0v) is 40.5. The monoisotopic (exact) mass is 801 g/mol. The van der Waals surface area contributed by atoms with Gasteiger partial charge in [-0.3, -0.25) is 0 Å². The summed E-state index contributed by atoms with van der Waals surface area (Å²) in [5, 5.41) is 4.08. The van der Waals surface area contributed by atoms with Crippen molar-refractivity contribution in [2.45, 2.75) is 166 Å². The summed E-state index contributed by atoms with van der Waals surface area (Å²) < 4.78 is 1.46. The molecule has 0 spiro atoms. The van der Waals surface area contributed by atoms with Crippen molar-refractivity contribution < 1.29 is 0 Å². The molecule has 2 heterocycles. The number of rotatable bonds is 12. The maximum Gasteiger partial charge on any atom is 0.248 e. The maximum atomic E-state index is 4.84. The van der Waals surface area contributed by atoms with Gasteiger partial charge in [0.15, 0.2) is 0 Å². The highest BCUT2D eigenvalue weighted by atomic mass is 32.1. The molecule has 5 rings (SSSR count). The van der Waals surface area contributed by atoms with Crippen molar-refractivity contribution in [3.63, 3.8) is 0 Å². The lowest BCUT2D eigenvalue weighted by Crippen LogP contribution is -2.45. The highest BCUT2D eigenvalue weighted by molar-refractivity contribution is 7.25. The SMILES string of the molecule is C=C/C(=C\C=C\C(C)C)NC(CC(=C)C(C)(C)C)C1=CN(C2=CCC(C(C)(C)C)C=C2)C(CC2C(=C)C(C)(C)CCC2C)=CB1c1cc2c(s1)C(C)(C)CCC2(C)C. The van der Waals surface area contributed by atoms with Gasteiger partial charge in [0.2, 0.25) is 6.71 Å². The zero-order chi connectivity index (χ0) is 43.2. The molecular weight excluding hydrogens is 719 g/mol. The van der Waals surface area contributed by atoms with E-state index in [0.29, 0.717) is 23.7 Å². The molecule has 4 unspecified atom stereocenters. The Morgan fingerprint density at radius 3 is 2.26 bits per heavy atom. The van der Waals surface area contributed by atoms with E-state index in [0.717, 1.165) is 25.0 Å². The fraction of sp³-hybridized carbons (Fsp3) is 0.593. The van der Waals surface area contributed by atoms with E-state index in [1.165, 1.54) is 58.5 Å². The van der Waals surface area contributed by atoms with Crippen LogP contribution in [0.2, 0.25) is 0 Å². The molecule has 1 saturated carbocycles. The Hall–Kier alpha value is -2.98. The molecule has 1 fully saturated rings. The molecule has 1 aromatic rings. The fourth-order valence-electron chi connectivity index (χ4n) is 9.42. The fourth-order valence-corrected chi connectivity index (χ4v) is 11.0. The van der Waals surface area contributed by atoms with Crippen LogP contribution >= 0.6 is 11.3 Å². The second-order valence-electron chi connectivity index (χ2n) is 22.9. The molecule has 0 bridgehead atoms. The van der Waals surface area contributed by atoms with Crippen molar-refractivity contribution in [2.75, 3.05) is 0 Å². The predicted octanol–water partition coefficient (Wildman–Crippen LogP) is 14.7. The Balaban J connectivity index is 1.76. The molecule has 0 aromatic carbocycles. The van der Waals surface area contributed by atoms with Crippen LogP contribution in [0, 0.1) is 39.9 Å². The Labute approximate surface area is 361 Å². The summed E-state index contributed by atoms with van der Waals surface area (Å²) in [5.74, 6) is 4.69. The van der Waals surface area contributed by atoms with Gasteiger partial charge in [-0.25, -0.2) is 0 Å². The van der Waals surface area contributed by atoms with Crippen LogP contribution in [0.3, 0.4) is 0 Å². The minimum absolute atomic E-state index is 0.00636. The molecule has 4 aliphatic rings. The Kier molecular flexibility index (Phi) is 13.7. The second kappa shape index (κ2) is 17.2. The van der Waals surface area contributed by atoms with E-state index in [9.17, 15) is 0 Å². The zero-order valence-electron chi connectivity index (χ0n) is 39.7. The molecule has 1 aliphatic heterocycles. The number of hydrogen-bond donors (Lipinski definition) is 1. The third-order valence-electron chi connectivity index (χ3n) is 14.5. The van der Waals surface area contributed by atoms with Crippen LogP contribution in [0.4, 0.5) is 0 Å². The first-order valence-corrected chi connectivity index (χ1v) is 23.5. The van der Waals surface area contributed by atoms with Crippen molar-refractivity contribution in [1.82, 2.24) is 10.2 Å². The van der Waals surface area contributed by atoms with Crippen LogP contribution in [-0.2, 0) is 10.8 Å². The van der Waals surface area contributed by atoms with Crippen LogP contribution in [0.15, 0.2) is 114 Å². The first-order valence-electron chi connectivity index (χ1n) is 22.6. The van der Waals surface area contributed by atoms with Crippen molar-refractivity contribution in [3.8, 4) is 0 Å². The number of thiophene rings is 1. The van der Waals surface area contributed by atoms with E-state index in [1.807, 2.05) is 6.08 Å². The highest BCUT2D eigenvalue weighted by Gasteiger charge is 2.43. The van der Waals surface area contributed by atoms with Gasteiger partial charge in [0, 0.05) is 34.2 Å². The van der Waals surface area contributed by atoms with Gasteiger partial charge in [-0.1, -0.05) is 177 Å². The van der Waals surface area contributed by atoms with Gasteiger partial charge in [-0.2, -0.15) is 11.3 Å². The summed E-state index contributed by atoms with van der Waals surface area (Å²) in [4.78, 5) is 4.17. The average molecular weight is 801 g/mol. The highest BCUT2D eigenvalue weighted by Crippen LogP contribution is 2.50. The van der Waals surface area contributed by atoms with Crippen LogP contribution in [0.5, 0.6) is 0 Å². The van der Waals surface area contributed by atoms with Gasteiger partial charge in [-0.05, 0) is 124 Å².